The number of hydrogen-bond donors (Lipinski definition) is 2. The molecule has 1 aromatic rings. The molecular weight excluding hydrogens is 150 g/mol. The van der Waals surface area contributed by atoms with Gasteiger partial charge >= 0.3 is 0 Å². The normalized spacial score (nSPS) is 21.9. The lowest BCUT2D eigenvalue weighted by Crippen LogP contribution is -2.35. The maximum Gasteiger partial charge on any atom is 0.123 e. The molecule has 1 atom stereocenters. The fraction of sp³-hybridized carbons (Fsp3) is 0.444. The third-order valence-electron chi connectivity index (χ3n) is 2.37. The van der Waals surface area contributed by atoms with Gasteiger partial charge in [-0.15, -0.1) is 0 Å². The number of aryl methyl sites for hydroxylation is 1. The van der Waals surface area contributed by atoms with Crippen molar-refractivity contribution in [2.24, 2.45) is 0 Å². The van der Waals surface area contributed by atoms with Crippen molar-refractivity contribution in [1.82, 2.24) is 10.3 Å². The number of nitrogen functional groups attached to an aromatic ring is 1. The summed E-state index contributed by atoms with van der Waals surface area (Å²) in [6.07, 6.45) is 3.09. The maximum absolute atomic E-state index is 5.56. The summed E-state index contributed by atoms with van der Waals surface area (Å²) in [5.74, 6) is 0.607. The van der Waals surface area contributed by atoms with Gasteiger partial charge in [0, 0.05) is 12.2 Å². The monoisotopic (exact) mass is 163 g/mol. The lowest BCUT2D eigenvalue weighted by atomic mass is 9.96. The van der Waals surface area contributed by atoms with Gasteiger partial charge in [0.1, 0.15) is 5.82 Å². The van der Waals surface area contributed by atoms with Crippen molar-refractivity contribution in [2.75, 3.05) is 12.3 Å². The lowest BCUT2D eigenvalue weighted by Gasteiger charge is -2.28. The molecule has 2 rings (SSSR count). The highest BCUT2D eigenvalue weighted by atomic mass is 15.0. The Morgan fingerprint density at radius 2 is 2.42 bits per heavy atom. The van der Waals surface area contributed by atoms with Gasteiger partial charge in [0.05, 0.1) is 0 Å². The van der Waals surface area contributed by atoms with Crippen LogP contribution < -0.4 is 11.1 Å². The van der Waals surface area contributed by atoms with Crippen molar-refractivity contribution in [2.45, 2.75) is 19.4 Å². The molecule has 1 aliphatic heterocycles. The van der Waals surface area contributed by atoms with Crippen LogP contribution in [0.25, 0.3) is 0 Å². The summed E-state index contributed by atoms with van der Waals surface area (Å²) >= 11 is 0. The van der Waals surface area contributed by atoms with Crippen molar-refractivity contribution in [3.8, 4) is 0 Å². The van der Waals surface area contributed by atoms with E-state index in [9.17, 15) is 0 Å². The van der Waals surface area contributed by atoms with Gasteiger partial charge in [-0.25, -0.2) is 4.98 Å². The lowest BCUT2D eigenvalue weighted by molar-refractivity contribution is 0.381. The molecule has 3 nitrogen and oxygen atoms in total. The van der Waals surface area contributed by atoms with Crippen molar-refractivity contribution in [3.63, 3.8) is 0 Å². The largest absolute Gasteiger partial charge is 0.384 e. The number of anilines is 1. The SMILES string of the molecule is Cc1cc(N)ncc1C1CCN1. The van der Waals surface area contributed by atoms with Gasteiger partial charge in [-0.05, 0) is 37.1 Å². The summed E-state index contributed by atoms with van der Waals surface area (Å²) in [6, 6.07) is 2.44. The molecule has 0 aromatic carbocycles. The summed E-state index contributed by atoms with van der Waals surface area (Å²) in [6.45, 7) is 3.20. The summed E-state index contributed by atoms with van der Waals surface area (Å²) in [5.41, 5.74) is 8.08. The molecule has 0 aliphatic carbocycles. The molecule has 0 radical (unpaired) electrons. The standard InChI is InChI=1S/C9H13N3/c1-6-4-9(10)12-5-7(6)8-2-3-11-8/h4-5,8,11H,2-3H2,1H3,(H2,10,12). The molecule has 64 valence electrons. The van der Waals surface area contributed by atoms with Gasteiger partial charge in [0.25, 0.3) is 0 Å². The van der Waals surface area contributed by atoms with E-state index in [4.69, 9.17) is 5.73 Å². The molecule has 1 aliphatic rings. The van der Waals surface area contributed by atoms with E-state index in [1.165, 1.54) is 17.5 Å². The van der Waals surface area contributed by atoms with E-state index in [1.807, 2.05) is 12.3 Å². The van der Waals surface area contributed by atoms with Crippen LogP contribution in [0.15, 0.2) is 12.3 Å². The third-order valence-corrected chi connectivity index (χ3v) is 2.37. The van der Waals surface area contributed by atoms with Crippen LogP contribution in [-0.2, 0) is 0 Å². The van der Waals surface area contributed by atoms with Crippen LogP contribution in [0.1, 0.15) is 23.6 Å². The quantitative estimate of drug-likeness (QED) is 0.649. The Morgan fingerprint density at radius 1 is 1.67 bits per heavy atom. The zero-order valence-corrected chi connectivity index (χ0v) is 7.17. The summed E-state index contributed by atoms with van der Waals surface area (Å²) in [5, 5.41) is 3.34. The van der Waals surface area contributed by atoms with Crippen LogP contribution in [0.4, 0.5) is 5.82 Å². The first-order valence-corrected chi connectivity index (χ1v) is 4.23. The first kappa shape index (κ1) is 7.55. The molecule has 1 aromatic heterocycles. The molecular formula is C9H13N3. The van der Waals surface area contributed by atoms with Gasteiger partial charge in [0.2, 0.25) is 0 Å². The van der Waals surface area contributed by atoms with E-state index >= 15 is 0 Å². The average molecular weight is 163 g/mol. The minimum absolute atomic E-state index is 0.512. The topological polar surface area (TPSA) is 50.9 Å². The number of nitrogens with one attached hydrogen (secondary N) is 1. The highest BCUT2D eigenvalue weighted by molar-refractivity contribution is 5.38. The Morgan fingerprint density at radius 3 is 2.92 bits per heavy atom. The minimum atomic E-state index is 0.512. The van der Waals surface area contributed by atoms with Crippen LogP contribution in [0.2, 0.25) is 0 Å². The van der Waals surface area contributed by atoms with Crippen LogP contribution in [0, 0.1) is 6.92 Å². The second-order valence-corrected chi connectivity index (χ2v) is 3.26. The smallest absolute Gasteiger partial charge is 0.123 e. The molecule has 0 spiro atoms. The van der Waals surface area contributed by atoms with Gasteiger partial charge in [0.15, 0.2) is 0 Å². The number of hydrogen-bond acceptors (Lipinski definition) is 3. The van der Waals surface area contributed by atoms with Gasteiger partial charge in [-0.3, -0.25) is 0 Å². The van der Waals surface area contributed by atoms with Crippen LogP contribution in [0.3, 0.4) is 0 Å². The molecule has 1 fully saturated rings. The van der Waals surface area contributed by atoms with E-state index < -0.39 is 0 Å². The molecule has 0 saturated carbocycles. The third kappa shape index (κ3) is 1.16. The van der Waals surface area contributed by atoms with E-state index in [0.717, 1.165) is 6.54 Å². The predicted octanol–water partition coefficient (Wildman–Crippen LogP) is 1.01. The summed E-state index contributed by atoms with van der Waals surface area (Å²) in [4.78, 5) is 4.08. The van der Waals surface area contributed by atoms with Gasteiger partial charge in [-0.1, -0.05) is 0 Å². The molecule has 1 saturated heterocycles. The predicted molar refractivity (Wildman–Crippen MR) is 48.7 cm³/mol. The maximum atomic E-state index is 5.56. The Bertz CT molecular complexity index is 292. The van der Waals surface area contributed by atoms with Crippen molar-refractivity contribution in [1.29, 1.82) is 0 Å². The summed E-state index contributed by atoms with van der Waals surface area (Å²) < 4.78 is 0. The molecule has 3 heteroatoms. The highest BCUT2D eigenvalue weighted by Crippen LogP contribution is 2.25. The van der Waals surface area contributed by atoms with Crippen LogP contribution >= 0.6 is 0 Å². The molecule has 1 unspecified atom stereocenters. The fourth-order valence-electron chi connectivity index (χ4n) is 1.51. The first-order chi connectivity index (χ1) is 5.77. The molecule has 0 bridgehead atoms. The second kappa shape index (κ2) is 2.75. The second-order valence-electron chi connectivity index (χ2n) is 3.26. The Balaban J connectivity index is 2.31. The minimum Gasteiger partial charge on any atom is -0.384 e. The molecule has 3 N–H and O–H groups in total. The number of pyridine rings is 1. The Hall–Kier alpha value is -1.09. The first-order valence-electron chi connectivity index (χ1n) is 4.23. The van der Waals surface area contributed by atoms with Crippen molar-refractivity contribution in [3.05, 3.63) is 23.4 Å². The van der Waals surface area contributed by atoms with Crippen LogP contribution in [0.5, 0.6) is 0 Å². The van der Waals surface area contributed by atoms with E-state index in [-0.39, 0.29) is 0 Å². The van der Waals surface area contributed by atoms with Gasteiger partial charge < -0.3 is 11.1 Å². The average Bonchev–Trinajstić information content (AvgIpc) is 1.91. The Labute approximate surface area is 72.0 Å². The van der Waals surface area contributed by atoms with E-state index in [1.54, 1.807) is 0 Å². The fourth-order valence-corrected chi connectivity index (χ4v) is 1.51. The van der Waals surface area contributed by atoms with Crippen molar-refractivity contribution >= 4 is 5.82 Å². The number of nitrogens with two attached hydrogens (primary N) is 1. The number of rotatable bonds is 1. The molecule has 0 amide bonds. The number of aromatic nitrogens is 1. The van der Waals surface area contributed by atoms with E-state index in [2.05, 4.69) is 17.2 Å². The Kier molecular flexibility index (Phi) is 1.73. The van der Waals surface area contributed by atoms with Crippen LogP contribution in [-0.4, -0.2) is 11.5 Å². The zero-order valence-electron chi connectivity index (χ0n) is 7.17. The number of nitrogens with zero attached hydrogens (tertiary/aromatic N) is 1. The highest BCUT2D eigenvalue weighted by Gasteiger charge is 2.20. The van der Waals surface area contributed by atoms with Gasteiger partial charge in [-0.2, -0.15) is 0 Å². The van der Waals surface area contributed by atoms with Crippen molar-refractivity contribution < 1.29 is 0 Å². The summed E-state index contributed by atoms with van der Waals surface area (Å²) in [7, 11) is 0. The zero-order chi connectivity index (χ0) is 8.55. The molecule has 12 heavy (non-hydrogen) atoms. The molecule has 2 heterocycles. The van der Waals surface area contributed by atoms with E-state index in [0.29, 0.717) is 11.9 Å².